The van der Waals surface area contributed by atoms with Crippen LogP contribution in [0.5, 0.6) is 0 Å². The van der Waals surface area contributed by atoms with Crippen molar-refractivity contribution in [3.8, 4) is 0 Å². The lowest BCUT2D eigenvalue weighted by Crippen LogP contribution is -2.31. The normalized spacial score (nSPS) is 11.8. The standard InChI is InChI=1S/C14H22FN/c1-4-9-16-11-14(2,3)10-12-5-7-13(15)8-6-12/h5-8,16H,4,9-11H2,1-3H3. The van der Waals surface area contributed by atoms with Crippen LogP contribution in [0.15, 0.2) is 24.3 Å². The van der Waals surface area contributed by atoms with E-state index in [0.29, 0.717) is 0 Å². The Morgan fingerprint density at radius 3 is 2.38 bits per heavy atom. The molecule has 1 rings (SSSR count). The molecule has 1 nitrogen and oxygen atoms in total. The van der Waals surface area contributed by atoms with Gasteiger partial charge < -0.3 is 5.32 Å². The first-order valence-electron chi connectivity index (χ1n) is 5.99. The molecule has 1 aromatic rings. The Hall–Kier alpha value is -0.890. The van der Waals surface area contributed by atoms with E-state index in [2.05, 4.69) is 26.1 Å². The van der Waals surface area contributed by atoms with Crippen molar-refractivity contribution in [2.24, 2.45) is 5.41 Å². The molecular formula is C14H22FN. The van der Waals surface area contributed by atoms with E-state index in [-0.39, 0.29) is 11.2 Å². The van der Waals surface area contributed by atoms with E-state index < -0.39 is 0 Å². The average Bonchev–Trinajstić information content (AvgIpc) is 2.21. The Morgan fingerprint density at radius 2 is 1.81 bits per heavy atom. The van der Waals surface area contributed by atoms with Gasteiger partial charge in [-0.25, -0.2) is 4.39 Å². The van der Waals surface area contributed by atoms with Gasteiger partial charge in [0, 0.05) is 6.54 Å². The lowest BCUT2D eigenvalue weighted by Gasteiger charge is -2.25. The molecule has 0 fully saturated rings. The fourth-order valence-electron chi connectivity index (χ4n) is 1.82. The maximum Gasteiger partial charge on any atom is 0.123 e. The summed E-state index contributed by atoms with van der Waals surface area (Å²) in [6, 6.07) is 6.81. The lowest BCUT2D eigenvalue weighted by atomic mass is 9.85. The van der Waals surface area contributed by atoms with Gasteiger partial charge in [0.15, 0.2) is 0 Å². The highest BCUT2D eigenvalue weighted by atomic mass is 19.1. The van der Waals surface area contributed by atoms with Crippen molar-refractivity contribution in [1.29, 1.82) is 0 Å². The van der Waals surface area contributed by atoms with Crippen LogP contribution >= 0.6 is 0 Å². The number of benzene rings is 1. The van der Waals surface area contributed by atoms with Crippen LogP contribution in [0.1, 0.15) is 32.8 Å². The zero-order chi connectivity index (χ0) is 12.0. The Labute approximate surface area is 98.1 Å². The molecule has 1 N–H and O–H groups in total. The van der Waals surface area contributed by atoms with Crippen molar-refractivity contribution in [2.75, 3.05) is 13.1 Å². The fourth-order valence-corrected chi connectivity index (χ4v) is 1.82. The summed E-state index contributed by atoms with van der Waals surface area (Å²) < 4.78 is 12.8. The SMILES string of the molecule is CCCNCC(C)(C)Cc1ccc(F)cc1. The van der Waals surface area contributed by atoms with E-state index in [1.807, 2.05) is 12.1 Å². The second kappa shape index (κ2) is 6.00. The minimum absolute atomic E-state index is 0.161. The molecule has 0 saturated heterocycles. The fraction of sp³-hybridized carbons (Fsp3) is 0.571. The maximum atomic E-state index is 12.8. The van der Waals surface area contributed by atoms with E-state index in [1.54, 1.807) is 0 Å². The smallest absolute Gasteiger partial charge is 0.123 e. The van der Waals surface area contributed by atoms with Gasteiger partial charge in [0.25, 0.3) is 0 Å². The van der Waals surface area contributed by atoms with Crippen molar-refractivity contribution in [3.63, 3.8) is 0 Å². The van der Waals surface area contributed by atoms with E-state index in [4.69, 9.17) is 0 Å². The molecule has 0 aliphatic rings. The Bertz CT molecular complexity index is 303. The van der Waals surface area contributed by atoms with Crippen LogP contribution < -0.4 is 5.32 Å². The van der Waals surface area contributed by atoms with Crippen LogP contribution in [-0.4, -0.2) is 13.1 Å². The van der Waals surface area contributed by atoms with Crippen LogP contribution in [0.4, 0.5) is 4.39 Å². The van der Waals surface area contributed by atoms with Gasteiger partial charge in [-0.1, -0.05) is 32.9 Å². The minimum Gasteiger partial charge on any atom is -0.316 e. The molecule has 0 radical (unpaired) electrons. The third-order valence-corrected chi connectivity index (χ3v) is 2.63. The molecule has 0 saturated carbocycles. The van der Waals surface area contributed by atoms with Gasteiger partial charge >= 0.3 is 0 Å². The summed E-state index contributed by atoms with van der Waals surface area (Å²) in [5.41, 5.74) is 1.41. The molecule has 0 unspecified atom stereocenters. The van der Waals surface area contributed by atoms with Crippen molar-refractivity contribution >= 4 is 0 Å². The number of halogens is 1. The summed E-state index contributed by atoms with van der Waals surface area (Å²) >= 11 is 0. The lowest BCUT2D eigenvalue weighted by molar-refractivity contribution is 0.339. The van der Waals surface area contributed by atoms with E-state index in [0.717, 1.165) is 25.9 Å². The van der Waals surface area contributed by atoms with Gasteiger partial charge in [-0.2, -0.15) is 0 Å². The highest BCUT2D eigenvalue weighted by Gasteiger charge is 2.17. The molecule has 0 atom stereocenters. The summed E-state index contributed by atoms with van der Waals surface area (Å²) in [6.07, 6.45) is 2.14. The Morgan fingerprint density at radius 1 is 1.19 bits per heavy atom. The quantitative estimate of drug-likeness (QED) is 0.729. The Balaban J connectivity index is 2.48. The molecule has 0 bridgehead atoms. The van der Waals surface area contributed by atoms with Gasteiger partial charge in [0.2, 0.25) is 0 Å². The monoisotopic (exact) mass is 223 g/mol. The minimum atomic E-state index is -0.161. The van der Waals surface area contributed by atoms with E-state index >= 15 is 0 Å². The second-order valence-electron chi connectivity index (χ2n) is 5.14. The molecule has 0 amide bonds. The van der Waals surface area contributed by atoms with Crippen LogP contribution in [-0.2, 0) is 6.42 Å². The molecule has 2 heteroatoms. The summed E-state index contributed by atoms with van der Waals surface area (Å²) in [4.78, 5) is 0. The van der Waals surface area contributed by atoms with Gasteiger partial charge in [-0.3, -0.25) is 0 Å². The van der Waals surface area contributed by atoms with E-state index in [9.17, 15) is 4.39 Å². The highest BCUT2D eigenvalue weighted by molar-refractivity contribution is 5.17. The summed E-state index contributed by atoms with van der Waals surface area (Å²) in [7, 11) is 0. The summed E-state index contributed by atoms with van der Waals surface area (Å²) in [5, 5.41) is 3.43. The first kappa shape index (κ1) is 13.2. The Kier molecular flexibility index (Phi) is 4.94. The highest BCUT2D eigenvalue weighted by Crippen LogP contribution is 2.21. The summed E-state index contributed by atoms with van der Waals surface area (Å²) in [5.74, 6) is -0.161. The predicted octanol–water partition coefficient (Wildman–Crippen LogP) is 3.39. The van der Waals surface area contributed by atoms with Crippen LogP contribution in [0, 0.1) is 11.2 Å². The van der Waals surface area contributed by atoms with Crippen molar-refractivity contribution < 1.29 is 4.39 Å². The number of nitrogens with one attached hydrogen (secondary N) is 1. The molecule has 90 valence electrons. The molecular weight excluding hydrogens is 201 g/mol. The van der Waals surface area contributed by atoms with Gasteiger partial charge in [0.05, 0.1) is 0 Å². The first-order chi connectivity index (χ1) is 7.53. The zero-order valence-corrected chi connectivity index (χ0v) is 10.5. The summed E-state index contributed by atoms with van der Waals surface area (Å²) in [6.45, 7) is 8.70. The van der Waals surface area contributed by atoms with Gasteiger partial charge in [-0.05, 0) is 42.5 Å². The van der Waals surface area contributed by atoms with Crippen molar-refractivity contribution in [2.45, 2.75) is 33.6 Å². The van der Waals surface area contributed by atoms with Crippen molar-refractivity contribution in [3.05, 3.63) is 35.6 Å². The zero-order valence-electron chi connectivity index (χ0n) is 10.5. The van der Waals surface area contributed by atoms with Gasteiger partial charge in [-0.15, -0.1) is 0 Å². The third-order valence-electron chi connectivity index (χ3n) is 2.63. The van der Waals surface area contributed by atoms with Gasteiger partial charge in [0.1, 0.15) is 5.82 Å². The van der Waals surface area contributed by atoms with Crippen LogP contribution in [0.25, 0.3) is 0 Å². The number of rotatable bonds is 6. The maximum absolute atomic E-state index is 12.8. The topological polar surface area (TPSA) is 12.0 Å². The largest absolute Gasteiger partial charge is 0.316 e. The third kappa shape index (κ3) is 4.75. The van der Waals surface area contributed by atoms with Crippen molar-refractivity contribution in [1.82, 2.24) is 5.32 Å². The van der Waals surface area contributed by atoms with Crippen LogP contribution in [0.3, 0.4) is 0 Å². The molecule has 0 aliphatic carbocycles. The molecule has 0 spiro atoms. The molecule has 0 aromatic heterocycles. The molecule has 0 heterocycles. The molecule has 1 aromatic carbocycles. The molecule has 0 aliphatic heterocycles. The molecule has 16 heavy (non-hydrogen) atoms. The second-order valence-corrected chi connectivity index (χ2v) is 5.14. The first-order valence-corrected chi connectivity index (χ1v) is 5.99. The van der Waals surface area contributed by atoms with Crippen LogP contribution in [0.2, 0.25) is 0 Å². The number of hydrogen-bond acceptors (Lipinski definition) is 1. The predicted molar refractivity (Wildman–Crippen MR) is 67.0 cm³/mol. The number of hydrogen-bond donors (Lipinski definition) is 1. The van der Waals surface area contributed by atoms with E-state index in [1.165, 1.54) is 17.7 Å². The average molecular weight is 223 g/mol.